The Balaban J connectivity index is 1.62. The fourth-order valence-corrected chi connectivity index (χ4v) is 2.44. The van der Waals surface area contributed by atoms with Crippen LogP contribution >= 0.6 is 0 Å². The van der Waals surface area contributed by atoms with E-state index in [4.69, 9.17) is 4.74 Å². The largest absolute Gasteiger partial charge is 0.376 e. The summed E-state index contributed by atoms with van der Waals surface area (Å²) in [7, 11) is 0. The number of amides is 1. The third-order valence-electron chi connectivity index (χ3n) is 3.81. The lowest BCUT2D eigenvalue weighted by Crippen LogP contribution is -2.31. The molecule has 1 atom stereocenters. The number of benzene rings is 1. The molecule has 1 fully saturated rings. The highest BCUT2D eigenvalue weighted by molar-refractivity contribution is 5.94. The van der Waals surface area contributed by atoms with Crippen LogP contribution in [0.1, 0.15) is 43.1 Å². The number of hydrogen-bond acceptors (Lipinski definition) is 5. The molecule has 7 heteroatoms. The summed E-state index contributed by atoms with van der Waals surface area (Å²) in [6.45, 7) is 5.34. The lowest BCUT2D eigenvalue weighted by molar-refractivity contribution is 0.0858. The van der Waals surface area contributed by atoms with Gasteiger partial charge < -0.3 is 10.1 Å². The van der Waals surface area contributed by atoms with Crippen molar-refractivity contribution < 1.29 is 9.53 Å². The predicted octanol–water partition coefficient (Wildman–Crippen LogP) is 1.83. The van der Waals surface area contributed by atoms with E-state index in [0.29, 0.717) is 17.9 Å². The lowest BCUT2D eigenvalue weighted by Gasteiger charge is -2.10. The van der Waals surface area contributed by atoms with Gasteiger partial charge in [-0.2, -0.15) is 4.80 Å². The van der Waals surface area contributed by atoms with E-state index in [1.54, 1.807) is 16.9 Å². The molecular weight excluding hydrogens is 294 g/mol. The molecule has 2 aromatic rings. The predicted molar refractivity (Wildman–Crippen MR) is 84.9 cm³/mol. The topological polar surface area (TPSA) is 81.9 Å². The molecule has 1 saturated heterocycles. The van der Waals surface area contributed by atoms with Crippen LogP contribution in [0.2, 0.25) is 0 Å². The quantitative estimate of drug-likeness (QED) is 0.910. The highest BCUT2D eigenvalue weighted by Gasteiger charge is 2.17. The van der Waals surface area contributed by atoms with Gasteiger partial charge in [-0.25, -0.2) is 0 Å². The van der Waals surface area contributed by atoms with Gasteiger partial charge in [-0.15, -0.1) is 10.2 Å². The van der Waals surface area contributed by atoms with Crippen LogP contribution < -0.4 is 5.32 Å². The SMILES string of the molecule is CC(C)n1nnc(-c2ccc(C(=O)NCC3CCCO3)cc2)n1. The highest BCUT2D eigenvalue weighted by atomic mass is 16.5. The minimum absolute atomic E-state index is 0.0918. The van der Waals surface area contributed by atoms with Crippen LogP contribution in [0.5, 0.6) is 0 Å². The molecule has 0 radical (unpaired) electrons. The van der Waals surface area contributed by atoms with Crippen LogP contribution in [0.3, 0.4) is 0 Å². The molecular formula is C16H21N5O2. The Morgan fingerprint density at radius 1 is 1.39 bits per heavy atom. The number of hydrogen-bond donors (Lipinski definition) is 1. The summed E-state index contributed by atoms with van der Waals surface area (Å²) in [5, 5.41) is 15.3. The van der Waals surface area contributed by atoms with Crippen LogP contribution in [0.4, 0.5) is 0 Å². The van der Waals surface area contributed by atoms with E-state index in [2.05, 4.69) is 20.7 Å². The van der Waals surface area contributed by atoms with Crippen LogP contribution in [-0.4, -0.2) is 45.4 Å². The van der Waals surface area contributed by atoms with Crippen LogP contribution in [0.15, 0.2) is 24.3 Å². The van der Waals surface area contributed by atoms with Crippen molar-refractivity contribution in [1.82, 2.24) is 25.5 Å². The Morgan fingerprint density at radius 3 is 2.78 bits per heavy atom. The fourth-order valence-electron chi connectivity index (χ4n) is 2.44. The summed E-state index contributed by atoms with van der Waals surface area (Å²) in [5.74, 6) is 0.468. The van der Waals surface area contributed by atoms with Gasteiger partial charge in [-0.1, -0.05) is 12.1 Å². The van der Waals surface area contributed by atoms with E-state index >= 15 is 0 Å². The van der Waals surface area contributed by atoms with Gasteiger partial charge in [0, 0.05) is 24.3 Å². The van der Waals surface area contributed by atoms with Crippen LogP contribution in [0.25, 0.3) is 11.4 Å². The van der Waals surface area contributed by atoms with Crippen molar-refractivity contribution in [3.8, 4) is 11.4 Å². The molecule has 0 spiro atoms. The van der Waals surface area contributed by atoms with Crippen LogP contribution in [0, 0.1) is 0 Å². The molecule has 1 unspecified atom stereocenters. The zero-order valence-corrected chi connectivity index (χ0v) is 13.4. The highest BCUT2D eigenvalue weighted by Crippen LogP contribution is 2.16. The van der Waals surface area contributed by atoms with Crippen molar-refractivity contribution >= 4 is 5.91 Å². The Kier molecular flexibility index (Phi) is 4.66. The maximum absolute atomic E-state index is 12.1. The van der Waals surface area contributed by atoms with E-state index < -0.39 is 0 Å². The number of ether oxygens (including phenoxy) is 1. The first-order valence-corrected chi connectivity index (χ1v) is 7.93. The average Bonchev–Trinajstić information content (AvgIpc) is 3.24. The second kappa shape index (κ2) is 6.87. The second-order valence-electron chi connectivity index (χ2n) is 5.95. The Morgan fingerprint density at radius 2 is 2.17 bits per heavy atom. The maximum Gasteiger partial charge on any atom is 0.251 e. The first kappa shape index (κ1) is 15.6. The molecule has 122 valence electrons. The van der Waals surface area contributed by atoms with Crippen molar-refractivity contribution in [3.05, 3.63) is 29.8 Å². The standard InChI is InChI=1S/C16H21N5O2/c1-11(2)21-19-15(18-20-21)12-5-7-13(8-6-12)16(22)17-10-14-4-3-9-23-14/h5-8,11,14H,3-4,9-10H2,1-2H3,(H,17,22). The maximum atomic E-state index is 12.1. The molecule has 1 aliphatic heterocycles. The van der Waals surface area contributed by atoms with Gasteiger partial charge in [0.1, 0.15) is 0 Å². The molecule has 1 aromatic carbocycles. The summed E-state index contributed by atoms with van der Waals surface area (Å²) in [4.78, 5) is 13.7. The summed E-state index contributed by atoms with van der Waals surface area (Å²) >= 11 is 0. The van der Waals surface area contributed by atoms with Gasteiger partial charge in [-0.05, 0) is 44.0 Å². The molecule has 23 heavy (non-hydrogen) atoms. The molecule has 0 bridgehead atoms. The molecule has 2 heterocycles. The number of rotatable bonds is 5. The van der Waals surface area contributed by atoms with Gasteiger partial charge in [0.05, 0.1) is 12.1 Å². The number of nitrogens with one attached hydrogen (secondary N) is 1. The normalized spacial score (nSPS) is 17.6. The van der Waals surface area contributed by atoms with E-state index in [0.717, 1.165) is 25.0 Å². The molecule has 0 aliphatic carbocycles. The monoisotopic (exact) mass is 315 g/mol. The Hall–Kier alpha value is -2.28. The second-order valence-corrected chi connectivity index (χ2v) is 5.95. The minimum Gasteiger partial charge on any atom is -0.376 e. The number of carbonyl (C=O) groups is 1. The van der Waals surface area contributed by atoms with Crippen molar-refractivity contribution in [2.45, 2.75) is 38.8 Å². The molecule has 3 rings (SSSR count). The van der Waals surface area contributed by atoms with E-state index in [-0.39, 0.29) is 18.1 Å². The smallest absolute Gasteiger partial charge is 0.251 e. The number of nitrogens with zero attached hydrogens (tertiary/aromatic N) is 4. The number of carbonyl (C=O) groups excluding carboxylic acids is 1. The van der Waals surface area contributed by atoms with Gasteiger partial charge in [0.2, 0.25) is 5.82 Å². The van der Waals surface area contributed by atoms with Crippen molar-refractivity contribution in [1.29, 1.82) is 0 Å². The zero-order chi connectivity index (χ0) is 16.2. The number of aromatic nitrogens is 4. The lowest BCUT2D eigenvalue weighted by atomic mass is 10.1. The van der Waals surface area contributed by atoms with Crippen LogP contribution in [-0.2, 0) is 4.74 Å². The first-order chi connectivity index (χ1) is 11.1. The number of tetrazole rings is 1. The zero-order valence-electron chi connectivity index (χ0n) is 13.4. The Labute approximate surface area is 135 Å². The summed E-state index contributed by atoms with van der Waals surface area (Å²) < 4.78 is 5.50. The van der Waals surface area contributed by atoms with Crippen molar-refractivity contribution in [2.75, 3.05) is 13.2 Å². The van der Waals surface area contributed by atoms with Crippen molar-refractivity contribution in [2.24, 2.45) is 0 Å². The van der Waals surface area contributed by atoms with Gasteiger partial charge in [0.25, 0.3) is 5.91 Å². The molecule has 1 N–H and O–H groups in total. The summed E-state index contributed by atoms with van der Waals surface area (Å²) in [5.41, 5.74) is 1.45. The summed E-state index contributed by atoms with van der Waals surface area (Å²) in [6, 6.07) is 7.39. The third kappa shape index (κ3) is 3.73. The Bertz CT molecular complexity index is 659. The van der Waals surface area contributed by atoms with Crippen molar-refractivity contribution in [3.63, 3.8) is 0 Å². The van der Waals surface area contributed by atoms with E-state index in [1.165, 1.54) is 0 Å². The molecule has 7 nitrogen and oxygen atoms in total. The van der Waals surface area contributed by atoms with Gasteiger partial charge in [0.15, 0.2) is 0 Å². The van der Waals surface area contributed by atoms with Gasteiger partial charge in [-0.3, -0.25) is 4.79 Å². The molecule has 0 saturated carbocycles. The first-order valence-electron chi connectivity index (χ1n) is 7.93. The van der Waals surface area contributed by atoms with Gasteiger partial charge >= 0.3 is 0 Å². The van der Waals surface area contributed by atoms with E-state index in [1.807, 2.05) is 26.0 Å². The van der Waals surface area contributed by atoms with E-state index in [9.17, 15) is 4.79 Å². The third-order valence-corrected chi connectivity index (χ3v) is 3.81. The average molecular weight is 315 g/mol. The fraction of sp³-hybridized carbons (Fsp3) is 0.500. The molecule has 1 aliphatic rings. The molecule has 1 amide bonds. The molecule has 1 aromatic heterocycles. The minimum atomic E-state index is -0.0918. The summed E-state index contributed by atoms with van der Waals surface area (Å²) in [6.07, 6.45) is 2.23.